The molecule has 1 aromatic carbocycles. The Hall–Kier alpha value is -1.91. The quantitative estimate of drug-likeness (QED) is 0.667. The monoisotopic (exact) mass is 302 g/mol. The predicted octanol–water partition coefficient (Wildman–Crippen LogP) is 1.93. The lowest BCUT2D eigenvalue weighted by Gasteiger charge is -2.21. The first kappa shape index (κ1) is 15.0. The molecule has 120 valence electrons. The summed E-state index contributed by atoms with van der Waals surface area (Å²) < 4.78 is 5.46. The van der Waals surface area contributed by atoms with Gasteiger partial charge in [0.1, 0.15) is 5.75 Å². The highest BCUT2D eigenvalue weighted by Gasteiger charge is 2.28. The van der Waals surface area contributed by atoms with Gasteiger partial charge in [0.25, 0.3) is 0 Å². The van der Waals surface area contributed by atoms with Crippen molar-refractivity contribution in [3.05, 3.63) is 24.3 Å². The van der Waals surface area contributed by atoms with Crippen LogP contribution in [0.15, 0.2) is 29.3 Å². The number of aliphatic imine (C=N–C) groups is 1. The predicted molar refractivity (Wildman–Crippen MR) is 90.6 cm³/mol. The third-order valence-electron chi connectivity index (χ3n) is 4.68. The highest BCUT2D eigenvalue weighted by atomic mass is 16.5. The van der Waals surface area contributed by atoms with Crippen LogP contribution < -0.4 is 15.4 Å². The number of nitrogens with two attached hydrogens (primary N) is 1. The summed E-state index contributed by atoms with van der Waals surface area (Å²) in [6, 6.07) is 8.83. The molecule has 2 N–H and O–H groups in total. The van der Waals surface area contributed by atoms with Gasteiger partial charge in [0, 0.05) is 32.7 Å². The first-order valence-corrected chi connectivity index (χ1v) is 8.09. The van der Waals surface area contributed by atoms with E-state index in [4.69, 9.17) is 10.5 Å². The Labute approximate surface area is 132 Å². The van der Waals surface area contributed by atoms with E-state index in [1.165, 1.54) is 18.5 Å². The maximum atomic E-state index is 6.07. The van der Waals surface area contributed by atoms with Crippen LogP contribution in [0.25, 0.3) is 0 Å². The molecule has 1 aromatic rings. The minimum absolute atomic E-state index is 0.566. The van der Waals surface area contributed by atoms with E-state index >= 15 is 0 Å². The van der Waals surface area contributed by atoms with E-state index in [0.717, 1.165) is 31.8 Å². The van der Waals surface area contributed by atoms with Crippen LogP contribution in [0.2, 0.25) is 0 Å². The highest BCUT2D eigenvalue weighted by molar-refractivity contribution is 5.78. The Morgan fingerprint density at radius 2 is 2.14 bits per heavy atom. The Morgan fingerprint density at radius 3 is 2.86 bits per heavy atom. The Balaban J connectivity index is 1.57. The molecular formula is C17H26N4O. The van der Waals surface area contributed by atoms with E-state index < -0.39 is 0 Å². The smallest absolute Gasteiger partial charge is 0.191 e. The van der Waals surface area contributed by atoms with E-state index in [1.54, 1.807) is 7.11 Å². The average Bonchev–Trinajstić information content (AvgIpc) is 3.30. The van der Waals surface area contributed by atoms with Crippen LogP contribution in [-0.2, 0) is 0 Å². The molecule has 22 heavy (non-hydrogen) atoms. The molecule has 1 heterocycles. The van der Waals surface area contributed by atoms with Crippen molar-refractivity contribution in [3.8, 4) is 5.75 Å². The van der Waals surface area contributed by atoms with E-state index in [0.29, 0.717) is 17.9 Å². The zero-order chi connectivity index (χ0) is 15.5. The van der Waals surface area contributed by atoms with Gasteiger partial charge in [-0.15, -0.1) is 0 Å². The number of methoxy groups -OCH3 is 1. The van der Waals surface area contributed by atoms with Gasteiger partial charge in [0.15, 0.2) is 5.96 Å². The lowest BCUT2D eigenvalue weighted by molar-refractivity contribution is 0.414. The van der Waals surface area contributed by atoms with E-state index in [9.17, 15) is 0 Å². The Kier molecular flexibility index (Phi) is 4.41. The number of hydrogen-bond donors (Lipinski definition) is 1. The molecule has 3 rings (SSSR count). The number of nitrogens with zero attached hydrogens (tertiary/aromatic N) is 3. The van der Waals surface area contributed by atoms with Gasteiger partial charge in [-0.05, 0) is 37.3 Å². The molecule has 0 radical (unpaired) electrons. The second-order valence-electron chi connectivity index (χ2n) is 6.31. The summed E-state index contributed by atoms with van der Waals surface area (Å²) in [5.74, 6) is 2.20. The normalized spacial score (nSPS) is 22.0. The lowest BCUT2D eigenvalue weighted by atomic mass is 10.1. The zero-order valence-electron chi connectivity index (χ0n) is 13.5. The molecule has 0 bridgehead atoms. The van der Waals surface area contributed by atoms with Crippen molar-refractivity contribution in [3.63, 3.8) is 0 Å². The molecule has 1 unspecified atom stereocenters. The molecule has 2 fully saturated rings. The molecule has 0 amide bonds. The summed E-state index contributed by atoms with van der Waals surface area (Å²) in [5, 5.41) is 0. The molecule has 5 nitrogen and oxygen atoms in total. The highest BCUT2D eigenvalue weighted by Crippen LogP contribution is 2.32. The summed E-state index contributed by atoms with van der Waals surface area (Å²) in [7, 11) is 3.78. The van der Waals surface area contributed by atoms with Crippen molar-refractivity contribution in [2.24, 2.45) is 16.6 Å². The van der Waals surface area contributed by atoms with Gasteiger partial charge in [-0.2, -0.15) is 0 Å². The number of hydrogen-bond acceptors (Lipinski definition) is 3. The molecule has 1 aliphatic carbocycles. The largest absolute Gasteiger partial charge is 0.495 e. The van der Waals surface area contributed by atoms with Gasteiger partial charge in [-0.3, -0.25) is 4.99 Å². The summed E-state index contributed by atoms with van der Waals surface area (Å²) in [6.07, 6.45) is 3.65. The van der Waals surface area contributed by atoms with Crippen molar-refractivity contribution in [2.75, 3.05) is 38.7 Å². The molecule has 5 heteroatoms. The first-order valence-electron chi connectivity index (χ1n) is 8.09. The molecule has 2 aliphatic rings. The van der Waals surface area contributed by atoms with Crippen LogP contribution in [0, 0.1) is 5.92 Å². The standard InChI is InChI=1S/C17H26N4O/c1-20(14-7-8-14)17(18)19-11-13-9-10-21(12-13)15-5-3-4-6-16(15)22-2/h3-6,13-14H,7-12H2,1-2H3,(H2,18,19). The Morgan fingerprint density at radius 1 is 1.36 bits per heavy atom. The van der Waals surface area contributed by atoms with Gasteiger partial charge < -0.3 is 20.3 Å². The van der Waals surface area contributed by atoms with E-state index in [2.05, 4.69) is 26.9 Å². The van der Waals surface area contributed by atoms with Crippen LogP contribution in [0.5, 0.6) is 5.75 Å². The number of para-hydroxylation sites is 2. The van der Waals surface area contributed by atoms with Crippen LogP contribution >= 0.6 is 0 Å². The third kappa shape index (κ3) is 3.29. The number of anilines is 1. The molecule has 1 aliphatic heterocycles. The number of benzene rings is 1. The van der Waals surface area contributed by atoms with Crippen molar-refractivity contribution in [1.29, 1.82) is 0 Å². The fourth-order valence-electron chi connectivity index (χ4n) is 3.07. The maximum Gasteiger partial charge on any atom is 0.191 e. The van der Waals surface area contributed by atoms with Gasteiger partial charge in [0.2, 0.25) is 0 Å². The third-order valence-corrected chi connectivity index (χ3v) is 4.68. The van der Waals surface area contributed by atoms with Gasteiger partial charge >= 0.3 is 0 Å². The summed E-state index contributed by atoms with van der Waals surface area (Å²) in [4.78, 5) is 9.11. The molecular weight excluding hydrogens is 276 g/mol. The summed E-state index contributed by atoms with van der Waals surface area (Å²) >= 11 is 0. The molecule has 1 saturated heterocycles. The second-order valence-corrected chi connectivity index (χ2v) is 6.31. The summed E-state index contributed by atoms with van der Waals surface area (Å²) in [6.45, 7) is 2.89. The van der Waals surface area contributed by atoms with Crippen LogP contribution in [0.3, 0.4) is 0 Å². The van der Waals surface area contributed by atoms with Gasteiger partial charge in [-0.25, -0.2) is 0 Å². The number of ether oxygens (including phenoxy) is 1. The fourth-order valence-corrected chi connectivity index (χ4v) is 3.07. The Bertz CT molecular complexity index is 541. The topological polar surface area (TPSA) is 54.1 Å². The van der Waals surface area contributed by atoms with Crippen molar-refractivity contribution in [2.45, 2.75) is 25.3 Å². The summed E-state index contributed by atoms with van der Waals surface area (Å²) in [5.41, 5.74) is 7.25. The van der Waals surface area contributed by atoms with Crippen molar-refractivity contribution < 1.29 is 4.74 Å². The molecule has 1 saturated carbocycles. The molecule has 1 atom stereocenters. The fraction of sp³-hybridized carbons (Fsp3) is 0.588. The van der Waals surface area contributed by atoms with Crippen LogP contribution in [0.1, 0.15) is 19.3 Å². The lowest BCUT2D eigenvalue weighted by Crippen LogP contribution is -2.36. The SMILES string of the molecule is COc1ccccc1N1CCC(CN=C(N)N(C)C2CC2)C1. The van der Waals surface area contributed by atoms with Gasteiger partial charge in [0.05, 0.1) is 12.8 Å². The first-order chi connectivity index (χ1) is 10.7. The van der Waals surface area contributed by atoms with E-state index in [-0.39, 0.29) is 0 Å². The van der Waals surface area contributed by atoms with Gasteiger partial charge in [-0.1, -0.05) is 12.1 Å². The maximum absolute atomic E-state index is 6.07. The minimum atomic E-state index is 0.566. The van der Waals surface area contributed by atoms with Crippen molar-refractivity contribution >= 4 is 11.6 Å². The van der Waals surface area contributed by atoms with Crippen molar-refractivity contribution in [1.82, 2.24) is 4.90 Å². The molecule has 0 aromatic heterocycles. The minimum Gasteiger partial charge on any atom is -0.495 e. The molecule has 0 spiro atoms. The van der Waals surface area contributed by atoms with Crippen LogP contribution in [-0.4, -0.2) is 50.7 Å². The second kappa shape index (κ2) is 6.46. The average molecular weight is 302 g/mol. The zero-order valence-corrected chi connectivity index (χ0v) is 13.5. The van der Waals surface area contributed by atoms with Crippen LogP contribution in [0.4, 0.5) is 5.69 Å². The number of guanidine groups is 1. The van der Waals surface area contributed by atoms with E-state index in [1.807, 2.05) is 19.2 Å². The number of rotatable bonds is 5.